The van der Waals surface area contributed by atoms with E-state index in [9.17, 15) is 13.6 Å². The van der Waals surface area contributed by atoms with E-state index < -0.39 is 17.9 Å². The van der Waals surface area contributed by atoms with Gasteiger partial charge in [0.05, 0.1) is 24.0 Å². The normalized spacial score (nSPS) is 20.8. The molecule has 0 spiro atoms. The highest BCUT2D eigenvalue weighted by Gasteiger charge is 2.34. The Balaban J connectivity index is 1.67. The second-order valence-electron chi connectivity index (χ2n) is 6.39. The summed E-state index contributed by atoms with van der Waals surface area (Å²) in [6.45, 7) is 2.82. The van der Waals surface area contributed by atoms with E-state index in [-0.39, 0.29) is 18.2 Å². The summed E-state index contributed by atoms with van der Waals surface area (Å²) in [6.07, 6.45) is 1.74. The molecule has 6 nitrogen and oxygen atoms in total. The fourth-order valence-electron chi connectivity index (χ4n) is 3.15. The van der Waals surface area contributed by atoms with E-state index in [0.29, 0.717) is 25.3 Å². The van der Waals surface area contributed by atoms with Crippen molar-refractivity contribution in [3.8, 4) is 0 Å². The smallest absolute Gasteiger partial charge is 0.256 e. The van der Waals surface area contributed by atoms with Gasteiger partial charge in [0.15, 0.2) is 11.6 Å². The van der Waals surface area contributed by atoms with Gasteiger partial charge in [-0.2, -0.15) is 0 Å². The molecule has 3 heterocycles. The third-order valence-corrected chi connectivity index (χ3v) is 4.35. The fraction of sp³-hybridized carbons (Fsp3) is 0.471. The molecule has 0 N–H and O–H groups in total. The highest BCUT2D eigenvalue weighted by Crippen LogP contribution is 2.24. The van der Waals surface area contributed by atoms with E-state index in [1.54, 1.807) is 7.05 Å². The topological polar surface area (TPSA) is 62.5 Å². The number of likely N-dealkylation sites (tertiary alicyclic amines) is 1. The molecule has 0 radical (unpaired) electrons. The van der Waals surface area contributed by atoms with E-state index in [2.05, 4.69) is 10.1 Å². The molecule has 134 valence electrons. The predicted molar refractivity (Wildman–Crippen MR) is 86.1 cm³/mol. The van der Waals surface area contributed by atoms with Crippen LogP contribution in [0.2, 0.25) is 0 Å². The SMILES string of the molecule is Cc1cc(CN2C[C@@H](F)C[C@H]2CN(C)C(=O)c2ccncc2F)on1. The largest absolute Gasteiger partial charge is 0.360 e. The number of aromatic nitrogens is 2. The van der Waals surface area contributed by atoms with E-state index in [1.807, 2.05) is 17.9 Å². The second kappa shape index (κ2) is 7.26. The summed E-state index contributed by atoms with van der Waals surface area (Å²) in [4.78, 5) is 19.4. The number of likely N-dealkylation sites (N-methyl/N-ethyl adjacent to an activating group) is 1. The molecule has 1 aliphatic heterocycles. The van der Waals surface area contributed by atoms with Gasteiger partial charge < -0.3 is 9.42 Å². The van der Waals surface area contributed by atoms with Gasteiger partial charge >= 0.3 is 0 Å². The van der Waals surface area contributed by atoms with Crippen LogP contribution in [0.5, 0.6) is 0 Å². The molecule has 1 fully saturated rings. The summed E-state index contributed by atoms with van der Waals surface area (Å²) in [5.74, 6) is -0.452. The first kappa shape index (κ1) is 17.5. The Morgan fingerprint density at radius 1 is 1.52 bits per heavy atom. The Bertz CT molecular complexity index is 752. The van der Waals surface area contributed by atoms with Gasteiger partial charge in [0.1, 0.15) is 6.17 Å². The molecule has 1 amide bonds. The third kappa shape index (κ3) is 4.01. The Morgan fingerprint density at radius 3 is 3.00 bits per heavy atom. The van der Waals surface area contributed by atoms with Gasteiger partial charge in [0.2, 0.25) is 0 Å². The molecule has 0 aliphatic carbocycles. The monoisotopic (exact) mass is 350 g/mol. The molecular weight excluding hydrogens is 330 g/mol. The highest BCUT2D eigenvalue weighted by atomic mass is 19.1. The van der Waals surface area contributed by atoms with Gasteiger partial charge in [0, 0.05) is 38.4 Å². The minimum atomic E-state index is -0.963. The first-order valence-corrected chi connectivity index (χ1v) is 8.09. The van der Waals surface area contributed by atoms with Gasteiger partial charge in [-0.25, -0.2) is 8.78 Å². The van der Waals surface area contributed by atoms with Crippen LogP contribution >= 0.6 is 0 Å². The number of carbonyl (C=O) groups is 1. The lowest BCUT2D eigenvalue weighted by molar-refractivity contribution is 0.0741. The number of pyridine rings is 1. The van der Waals surface area contributed by atoms with Crippen molar-refractivity contribution < 1.29 is 18.1 Å². The molecule has 2 aromatic heterocycles. The Kier molecular flexibility index (Phi) is 5.08. The van der Waals surface area contributed by atoms with E-state index in [4.69, 9.17) is 4.52 Å². The van der Waals surface area contributed by atoms with Crippen LogP contribution in [0.25, 0.3) is 0 Å². The van der Waals surface area contributed by atoms with Gasteiger partial charge in [-0.3, -0.25) is 14.7 Å². The van der Waals surface area contributed by atoms with Gasteiger partial charge in [-0.15, -0.1) is 0 Å². The van der Waals surface area contributed by atoms with Crippen molar-refractivity contribution in [1.29, 1.82) is 0 Å². The van der Waals surface area contributed by atoms with Gasteiger partial charge in [-0.05, 0) is 19.4 Å². The molecule has 8 heteroatoms. The van der Waals surface area contributed by atoms with E-state index in [0.717, 1.165) is 11.9 Å². The lowest BCUT2D eigenvalue weighted by atomic mass is 10.1. The number of aryl methyl sites for hydroxylation is 1. The minimum absolute atomic E-state index is 0.0373. The zero-order valence-electron chi connectivity index (χ0n) is 14.2. The summed E-state index contributed by atoms with van der Waals surface area (Å²) in [5, 5.41) is 3.83. The first-order chi connectivity index (χ1) is 11.9. The van der Waals surface area contributed by atoms with Crippen LogP contribution < -0.4 is 0 Å². The molecule has 3 rings (SSSR count). The molecular formula is C17H20F2N4O2. The van der Waals surface area contributed by atoms with Crippen LogP contribution in [0.1, 0.15) is 28.2 Å². The van der Waals surface area contributed by atoms with Crippen molar-refractivity contribution in [2.45, 2.75) is 32.1 Å². The number of nitrogens with zero attached hydrogens (tertiary/aromatic N) is 4. The van der Waals surface area contributed by atoms with Crippen LogP contribution in [0.15, 0.2) is 29.0 Å². The average Bonchev–Trinajstić information content (AvgIpc) is 3.13. The maximum Gasteiger partial charge on any atom is 0.256 e. The Morgan fingerprint density at radius 2 is 2.32 bits per heavy atom. The molecule has 0 aromatic carbocycles. The maximum absolute atomic E-state index is 13.9. The van der Waals surface area contributed by atoms with Crippen molar-refractivity contribution in [2.75, 3.05) is 20.1 Å². The van der Waals surface area contributed by atoms with Crippen LogP contribution in [0.4, 0.5) is 8.78 Å². The molecule has 2 atom stereocenters. The lowest BCUT2D eigenvalue weighted by Crippen LogP contribution is -2.41. The average molecular weight is 350 g/mol. The van der Waals surface area contributed by atoms with Crippen LogP contribution in [0, 0.1) is 12.7 Å². The summed E-state index contributed by atoms with van der Waals surface area (Å²) in [7, 11) is 1.59. The molecule has 0 bridgehead atoms. The predicted octanol–water partition coefficient (Wildman–Crippen LogP) is 2.20. The van der Waals surface area contributed by atoms with Gasteiger partial charge in [0.25, 0.3) is 5.91 Å². The minimum Gasteiger partial charge on any atom is -0.360 e. The third-order valence-electron chi connectivity index (χ3n) is 4.35. The summed E-state index contributed by atoms with van der Waals surface area (Å²) in [5.41, 5.74) is 0.729. The molecule has 2 aromatic rings. The molecule has 0 saturated carbocycles. The van der Waals surface area contributed by atoms with Crippen molar-refractivity contribution in [3.63, 3.8) is 0 Å². The number of rotatable bonds is 5. The highest BCUT2D eigenvalue weighted by molar-refractivity contribution is 5.94. The molecule has 0 unspecified atom stereocenters. The second-order valence-corrected chi connectivity index (χ2v) is 6.39. The van der Waals surface area contributed by atoms with Crippen molar-refractivity contribution in [1.82, 2.24) is 19.9 Å². The molecule has 1 aliphatic rings. The summed E-state index contributed by atoms with van der Waals surface area (Å²) >= 11 is 0. The van der Waals surface area contributed by atoms with Crippen molar-refractivity contribution in [2.24, 2.45) is 0 Å². The van der Waals surface area contributed by atoms with Crippen LogP contribution in [0.3, 0.4) is 0 Å². The quantitative estimate of drug-likeness (QED) is 0.827. The van der Waals surface area contributed by atoms with E-state index in [1.165, 1.54) is 17.2 Å². The van der Waals surface area contributed by atoms with Crippen molar-refractivity contribution in [3.05, 3.63) is 47.4 Å². The Hall–Kier alpha value is -2.35. The lowest BCUT2D eigenvalue weighted by Gasteiger charge is -2.27. The fourth-order valence-corrected chi connectivity index (χ4v) is 3.15. The van der Waals surface area contributed by atoms with Crippen LogP contribution in [-0.2, 0) is 6.54 Å². The zero-order chi connectivity index (χ0) is 18.0. The van der Waals surface area contributed by atoms with E-state index >= 15 is 0 Å². The number of carbonyl (C=O) groups excluding carboxylic acids is 1. The number of alkyl halides is 1. The summed E-state index contributed by atoms with van der Waals surface area (Å²) < 4.78 is 32.8. The number of amides is 1. The maximum atomic E-state index is 13.9. The zero-order valence-corrected chi connectivity index (χ0v) is 14.2. The van der Waals surface area contributed by atoms with Crippen molar-refractivity contribution >= 4 is 5.91 Å². The van der Waals surface area contributed by atoms with Crippen LogP contribution in [-0.4, -0.2) is 58.2 Å². The number of halogens is 2. The molecule has 25 heavy (non-hydrogen) atoms. The summed E-state index contributed by atoms with van der Waals surface area (Å²) in [6, 6.07) is 2.99. The molecule has 1 saturated heterocycles. The first-order valence-electron chi connectivity index (χ1n) is 8.09. The van der Waals surface area contributed by atoms with Gasteiger partial charge in [-0.1, -0.05) is 5.16 Å². The standard InChI is InChI=1S/C17H20F2N4O2/c1-11-5-14(25-21-11)10-23-8-12(18)6-13(23)9-22(2)17(24)15-3-4-20-7-16(15)19/h3-5,7,12-13H,6,8-10H2,1-2H3/t12-,13-/m0/s1. The number of hydrogen-bond donors (Lipinski definition) is 0. The number of hydrogen-bond acceptors (Lipinski definition) is 5. The Labute approximate surface area is 144 Å².